The maximum atomic E-state index is 11.2. The van der Waals surface area contributed by atoms with Crippen molar-refractivity contribution in [3.05, 3.63) is 29.3 Å². The molecule has 1 aliphatic heterocycles. The molecule has 2 rings (SSSR count). The molecule has 0 aliphatic carbocycles. The Bertz CT molecular complexity index is 728. The lowest BCUT2D eigenvalue weighted by Crippen LogP contribution is -2.49. The second kappa shape index (κ2) is 14.0. The maximum absolute atomic E-state index is 11.2. The standard InChI is InChI=1S/C26H43ClN2O4/c1-20-9-10-23-21(2)18-26(3,4)29(24(23)17-20)13-11-22(19-33-25(28)30)32-16-15-31-14-8-6-5-7-12-27/h9-10,17,21-22H,5-8,11-16,18-19H2,1-4H3,(H2,28,30). The summed E-state index contributed by atoms with van der Waals surface area (Å²) in [5.74, 6) is 1.24. The van der Waals surface area contributed by atoms with Crippen LogP contribution in [0.3, 0.4) is 0 Å². The van der Waals surface area contributed by atoms with Crippen molar-refractivity contribution in [2.24, 2.45) is 5.73 Å². The van der Waals surface area contributed by atoms with E-state index < -0.39 is 6.09 Å². The lowest BCUT2D eigenvalue weighted by molar-refractivity contribution is -0.0250. The quantitative estimate of drug-likeness (QED) is 0.253. The number of alkyl halides is 1. The first-order valence-corrected chi connectivity index (χ1v) is 12.8. The zero-order valence-electron chi connectivity index (χ0n) is 20.9. The van der Waals surface area contributed by atoms with Gasteiger partial charge in [0.05, 0.1) is 19.3 Å². The Hall–Kier alpha value is -1.50. The predicted octanol–water partition coefficient (Wildman–Crippen LogP) is 5.77. The Labute approximate surface area is 205 Å². The van der Waals surface area contributed by atoms with E-state index in [0.717, 1.165) is 57.6 Å². The molecule has 0 bridgehead atoms. The molecule has 1 amide bonds. The fraction of sp³-hybridized carbons (Fsp3) is 0.731. The highest BCUT2D eigenvalue weighted by atomic mass is 35.5. The van der Waals surface area contributed by atoms with Crippen molar-refractivity contribution in [1.82, 2.24) is 0 Å². The van der Waals surface area contributed by atoms with Crippen molar-refractivity contribution >= 4 is 23.4 Å². The summed E-state index contributed by atoms with van der Waals surface area (Å²) < 4.78 is 16.8. The molecule has 0 spiro atoms. The van der Waals surface area contributed by atoms with Crippen molar-refractivity contribution < 1.29 is 19.0 Å². The summed E-state index contributed by atoms with van der Waals surface area (Å²) in [4.78, 5) is 13.7. The second-order valence-electron chi connectivity index (χ2n) is 9.76. The number of halogens is 1. The van der Waals surface area contributed by atoms with Gasteiger partial charge in [-0.15, -0.1) is 11.6 Å². The van der Waals surface area contributed by atoms with Crippen LogP contribution in [0.2, 0.25) is 0 Å². The molecule has 1 aliphatic rings. The number of rotatable bonds is 15. The zero-order valence-corrected chi connectivity index (χ0v) is 21.7. The highest BCUT2D eigenvalue weighted by Gasteiger charge is 2.36. The lowest BCUT2D eigenvalue weighted by atomic mass is 9.79. The van der Waals surface area contributed by atoms with Gasteiger partial charge in [0.1, 0.15) is 6.61 Å². The minimum absolute atomic E-state index is 0.0296. The number of ether oxygens (including phenoxy) is 3. The first-order valence-electron chi connectivity index (χ1n) is 12.3. The van der Waals surface area contributed by atoms with E-state index in [1.807, 2.05) is 0 Å². The van der Waals surface area contributed by atoms with Crippen LogP contribution in [0, 0.1) is 6.92 Å². The fourth-order valence-electron chi connectivity index (χ4n) is 4.71. The third-order valence-electron chi connectivity index (χ3n) is 6.38. The van der Waals surface area contributed by atoms with Gasteiger partial charge in [-0.2, -0.15) is 0 Å². The Morgan fingerprint density at radius 3 is 2.70 bits per heavy atom. The largest absolute Gasteiger partial charge is 0.447 e. The van der Waals surface area contributed by atoms with Crippen LogP contribution in [0.5, 0.6) is 0 Å². The van der Waals surface area contributed by atoms with Crippen LogP contribution in [0.1, 0.15) is 76.3 Å². The summed E-state index contributed by atoms with van der Waals surface area (Å²) >= 11 is 5.70. The molecule has 2 unspecified atom stereocenters. The molecular formula is C26H43ClN2O4. The van der Waals surface area contributed by atoms with Crippen LogP contribution in [-0.2, 0) is 14.2 Å². The van der Waals surface area contributed by atoms with Gasteiger partial charge < -0.3 is 24.8 Å². The van der Waals surface area contributed by atoms with Crippen LogP contribution in [0.25, 0.3) is 0 Å². The number of nitrogens with zero attached hydrogens (tertiary/aromatic N) is 1. The topological polar surface area (TPSA) is 74.0 Å². The first kappa shape index (κ1) is 27.7. The number of benzene rings is 1. The van der Waals surface area contributed by atoms with Crippen molar-refractivity contribution in [3.8, 4) is 0 Å². The number of unbranched alkanes of at least 4 members (excludes halogenated alkanes) is 3. The maximum Gasteiger partial charge on any atom is 0.404 e. The van der Waals surface area contributed by atoms with E-state index in [1.54, 1.807) is 0 Å². The molecule has 1 aromatic rings. The number of primary amides is 1. The smallest absolute Gasteiger partial charge is 0.404 e. The number of carbonyl (C=O) groups is 1. The van der Waals surface area contributed by atoms with Crippen molar-refractivity contribution in [2.45, 2.75) is 83.8 Å². The molecule has 2 N–H and O–H groups in total. The van der Waals surface area contributed by atoms with Crippen LogP contribution < -0.4 is 10.6 Å². The number of amides is 1. The summed E-state index contributed by atoms with van der Waals surface area (Å²) in [6.07, 6.45) is 5.19. The van der Waals surface area contributed by atoms with Gasteiger partial charge in [-0.1, -0.05) is 31.9 Å². The SMILES string of the molecule is Cc1ccc2c(c1)N(CCC(COC(N)=O)OCCOCCCCCCCl)C(C)(C)CC2C. The van der Waals surface area contributed by atoms with Gasteiger partial charge in [0.25, 0.3) is 0 Å². The highest BCUT2D eigenvalue weighted by Crippen LogP contribution is 2.43. The molecule has 1 heterocycles. The number of fused-ring (bicyclic) bond motifs is 1. The summed E-state index contributed by atoms with van der Waals surface area (Å²) in [5.41, 5.74) is 9.18. The Morgan fingerprint density at radius 2 is 1.97 bits per heavy atom. The van der Waals surface area contributed by atoms with E-state index in [9.17, 15) is 4.79 Å². The van der Waals surface area contributed by atoms with Crippen LogP contribution >= 0.6 is 11.6 Å². The van der Waals surface area contributed by atoms with E-state index in [1.165, 1.54) is 16.8 Å². The van der Waals surface area contributed by atoms with Gasteiger partial charge >= 0.3 is 6.09 Å². The third-order valence-corrected chi connectivity index (χ3v) is 6.65. The van der Waals surface area contributed by atoms with Gasteiger partial charge in [0, 0.05) is 30.3 Å². The molecule has 1 aromatic carbocycles. The average Bonchev–Trinajstić information content (AvgIpc) is 2.74. The number of hydrogen-bond acceptors (Lipinski definition) is 5. The summed E-state index contributed by atoms with van der Waals surface area (Å²) in [6, 6.07) is 6.73. The summed E-state index contributed by atoms with van der Waals surface area (Å²) in [5, 5.41) is 0. The normalized spacial score (nSPS) is 18.1. The molecular weight excluding hydrogens is 440 g/mol. The minimum Gasteiger partial charge on any atom is -0.447 e. The van der Waals surface area contributed by atoms with E-state index in [2.05, 4.69) is 50.8 Å². The highest BCUT2D eigenvalue weighted by molar-refractivity contribution is 6.17. The van der Waals surface area contributed by atoms with Crippen molar-refractivity contribution in [2.75, 3.05) is 43.8 Å². The number of carbonyl (C=O) groups excluding carboxylic acids is 1. The molecule has 0 aromatic heterocycles. The Balaban J connectivity index is 1.89. The van der Waals surface area contributed by atoms with E-state index in [0.29, 0.717) is 19.1 Å². The van der Waals surface area contributed by atoms with Crippen LogP contribution in [0.15, 0.2) is 18.2 Å². The summed E-state index contributed by atoms with van der Waals surface area (Å²) in [7, 11) is 0. The molecule has 33 heavy (non-hydrogen) atoms. The minimum atomic E-state index is -0.773. The van der Waals surface area contributed by atoms with Crippen molar-refractivity contribution in [1.29, 1.82) is 0 Å². The van der Waals surface area contributed by atoms with Crippen LogP contribution in [-0.4, -0.2) is 56.6 Å². The lowest BCUT2D eigenvalue weighted by Gasteiger charge is -2.48. The molecule has 0 saturated carbocycles. The number of hydrogen-bond donors (Lipinski definition) is 1. The monoisotopic (exact) mass is 482 g/mol. The molecule has 188 valence electrons. The summed E-state index contributed by atoms with van der Waals surface area (Å²) in [6.45, 7) is 11.7. The molecule has 0 fully saturated rings. The van der Waals surface area contributed by atoms with E-state index >= 15 is 0 Å². The van der Waals surface area contributed by atoms with Crippen LogP contribution in [0.4, 0.5) is 10.5 Å². The van der Waals surface area contributed by atoms with E-state index in [4.69, 9.17) is 31.5 Å². The Morgan fingerprint density at radius 1 is 1.21 bits per heavy atom. The van der Waals surface area contributed by atoms with Gasteiger partial charge in [-0.3, -0.25) is 0 Å². The molecule has 0 radical (unpaired) electrons. The van der Waals surface area contributed by atoms with Gasteiger partial charge in [0.2, 0.25) is 0 Å². The van der Waals surface area contributed by atoms with Crippen molar-refractivity contribution in [3.63, 3.8) is 0 Å². The second-order valence-corrected chi connectivity index (χ2v) is 10.1. The number of aryl methyl sites for hydroxylation is 1. The van der Waals surface area contributed by atoms with Gasteiger partial charge in [-0.25, -0.2) is 4.79 Å². The fourth-order valence-corrected chi connectivity index (χ4v) is 4.90. The zero-order chi connectivity index (χ0) is 24.3. The molecule has 7 heteroatoms. The third kappa shape index (κ3) is 9.34. The van der Waals surface area contributed by atoms with E-state index in [-0.39, 0.29) is 18.2 Å². The molecule has 6 nitrogen and oxygen atoms in total. The molecule has 0 saturated heterocycles. The number of nitrogens with two attached hydrogens (primary N) is 1. The number of anilines is 1. The van der Waals surface area contributed by atoms with Gasteiger partial charge in [0.15, 0.2) is 0 Å². The Kier molecular flexibility index (Phi) is 11.8. The predicted molar refractivity (Wildman–Crippen MR) is 136 cm³/mol. The first-order chi connectivity index (χ1) is 15.7. The average molecular weight is 483 g/mol. The molecule has 2 atom stereocenters. The van der Waals surface area contributed by atoms with Gasteiger partial charge in [-0.05, 0) is 69.6 Å².